The number of carbonyl (C=O) groups is 2. The molecule has 0 spiro atoms. The summed E-state index contributed by atoms with van der Waals surface area (Å²) >= 11 is 0. The lowest BCUT2D eigenvalue weighted by molar-refractivity contribution is -0.143. The maximum Gasteiger partial charge on any atom is 0.320 e. The number of amides is 2. The maximum atomic E-state index is 12.5. The standard InChI is InChI=1S/C14H22N2O3/c17-13(18)12-5-2-6-15(9-12)14(19)16-7-10-3-1-4-11(10)8-16/h10-12H,1-9H2,(H,17,18)/t10?,11?,12-/m0/s1. The molecule has 0 bridgehead atoms. The van der Waals surface area contributed by atoms with Crippen LogP contribution in [0.2, 0.25) is 0 Å². The van der Waals surface area contributed by atoms with Crippen molar-refractivity contribution in [3.05, 3.63) is 0 Å². The average Bonchev–Trinajstić information content (AvgIpc) is 2.98. The van der Waals surface area contributed by atoms with E-state index in [1.165, 1.54) is 19.3 Å². The summed E-state index contributed by atoms with van der Waals surface area (Å²) in [6, 6.07) is 0.0698. The molecule has 0 aromatic rings. The molecule has 2 amide bonds. The third kappa shape index (κ3) is 2.42. The second-order valence-corrected chi connectivity index (χ2v) is 6.26. The number of hydrogen-bond acceptors (Lipinski definition) is 2. The summed E-state index contributed by atoms with van der Waals surface area (Å²) in [4.78, 5) is 27.2. The van der Waals surface area contributed by atoms with Gasteiger partial charge in [0.15, 0.2) is 0 Å². The molecule has 0 radical (unpaired) electrons. The van der Waals surface area contributed by atoms with E-state index in [4.69, 9.17) is 5.11 Å². The summed E-state index contributed by atoms with van der Waals surface area (Å²) in [5.74, 6) is 0.253. The normalized spacial score (nSPS) is 34.4. The molecule has 0 aromatic heterocycles. The second-order valence-electron chi connectivity index (χ2n) is 6.26. The molecule has 3 rings (SSSR count). The smallest absolute Gasteiger partial charge is 0.320 e. The number of aliphatic carboxylic acids is 1. The van der Waals surface area contributed by atoms with Crippen molar-refractivity contribution in [1.29, 1.82) is 0 Å². The monoisotopic (exact) mass is 266 g/mol. The Morgan fingerprint density at radius 1 is 0.895 bits per heavy atom. The predicted molar refractivity (Wildman–Crippen MR) is 69.7 cm³/mol. The van der Waals surface area contributed by atoms with Crippen molar-refractivity contribution < 1.29 is 14.7 Å². The van der Waals surface area contributed by atoms with Crippen molar-refractivity contribution in [3.8, 4) is 0 Å². The Morgan fingerprint density at radius 3 is 2.21 bits per heavy atom. The van der Waals surface area contributed by atoms with Crippen LogP contribution in [0.3, 0.4) is 0 Å². The number of likely N-dealkylation sites (tertiary alicyclic amines) is 2. The third-order valence-corrected chi connectivity index (χ3v) is 5.04. The molecule has 3 fully saturated rings. The van der Waals surface area contributed by atoms with Crippen LogP contribution in [0.5, 0.6) is 0 Å². The van der Waals surface area contributed by atoms with Gasteiger partial charge in [-0.05, 0) is 37.5 Å². The van der Waals surface area contributed by atoms with Crippen LogP contribution in [0, 0.1) is 17.8 Å². The van der Waals surface area contributed by atoms with E-state index in [0.717, 1.165) is 19.5 Å². The minimum Gasteiger partial charge on any atom is -0.481 e. The zero-order chi connectivity index (χ0) is 13.4. The quantitative estimate of drug-likeness (QED) is 0.784. The Labute approximate surface area is 113 Å². The molecule has 106 valence electrons. The number of fused-ring (bicyclic) bond motifs is 1. The van der Waals surface area contributed by atoms with E-state index in [0.29, 0.717) is 31.3 Å². The Balaban J connectivity index is 1.59. The zero-order valence-corrected chi connectivity index (χ0v) is 11.3. The molecule has 1 aliphatic carbocycles. The Kier molecular flexibility index (Phi) is 3.37. The van der Waals surface area contributed by atoms with Crippen molar-refractivity contribution in [2.45, 2.75) is 32.1 Å². The molecule has 19 heavy (non-hydrogen) atoms. The largest absolute Gasteiger partial charge is 0.481 e. The molecule has 3 aliphatic rings. The lowest BCUT2D eigenvalue weighted by atomic mass is 9.99. The number of carbonyl (C=O) groups excluding carboxylic acids is 1. The summed E-state index contributed by atoms with van der Waals surface area (Å²) in [5, 5.41) is 9.08. The second kappa shape index (κ2) is 5.02. The topological polar surface area (TPSA) is 60.9 Å². The highest BCUT2D eigenvalue weighted by molar-refractivity contribution is 5.77. The van der Waals surface area contributed by atoms with Crippen LogP contribution in [0.4, 0.5) is 4.79 Å². The van der Waals surface area contributed by atoms with Crippen molar-refractivity contribution in [1.82, 2.24) is 9.80 Å². The molecule has 1 saturated carbocycles. The number of nitrogens with zero attached hydrogens (tertiary/aromatic N) is 2. The lowest BCUT2D eigenvalue weighted by Gasteiger charge is -2.34. The van der Waals surface area contributed by atoms with E-state index in [2.05, 4.69) is 0 Å². The Morgan fingerprint density at radius 2 is 1.58 bits per heavy atom. The van der Waals surface area contributed by atoms with Gasteiger partial charge in [-0.15, -0.1) is 0 Å². The van der Waals surface area contributed by atoms with Gasteiger partial charge in [0.1, 0.15) is 0 Å². The van der Waals surface area contributed by atoms with Crippen molar-refractivity contribution in [2.75, 3.05) is 26.2 Å². The van der Waals surface area contributed by atoms with Gasteiger partial charge in [-0.25, -0.2) is 4.79 Å². The molecule has 5 heteroatoms. The molecule has 5 nitrogen and oxygen atoms in total. The number of urea groups is 1. The van der Waals surface area contributed by atoms with E-state index >= 15 is 0 Å². The van der Waals surface area contributed by atoms with E-state index < -0.39 is 5.97 Å². The van der Waals surface area contributed by atoms with Crippen LogP contribution in [0.25, 0.3) is 0 Å². The highest BCUT2D eigenvalue weighted by Gasteiger charge is 2.40. The maximum absolute atomic E-state index is 12.5. The minimum atomic E-state index is -0.768. The van der Waals surface area contributed by atoms with Gasteiger partial charge in [-0.3, -0.25) is 4.79 Å². The first-order chi connectivity index (χ1) is 9.15. The van der Waals surface area contributed by atoms with Gasteiger partial charge >= 0.3 is 12.0 Å². The molecule has 2 saturated heterocycles. The Hall–Kier alpha value is -1.26. The van der Waals surface area contributed by atoms with Gasteiger partial charge in [-0.1, -0.05) is 6.42 Å². The van der Waals surface area contributed by atoms with Crippen LogP contribution in [0.1, 0.15) is 32.1 Å². The van der Waals surface area contributed by atoms with Gasteiger partial charge < -0.3 is 14.9 Å². The average molecular weight is 266 g/mol. The number of piperidine rings is 1. The van der Waals surface area contributed by atoms with Crippen LogP contribution in [0.15, 0.2) is 0 Å². The van der Waals surface area contributed by atoms with Gasteiger partial charge in [0.25, 0.3) is 0 Å². The van der Waals surface area contributed by atoms with Gasteiger partial charge in [0.05, 0.1) is 5.92 Å². The molecule has 2 unspecified atom stereocenters. The highest BCUT2D eigenvalue weighted by Crippen LogP contribution is 2.38. The lowest BCUT2D eigenvalue weighted by Crippen LogP contribution is -2.48. The minimum absolute atomic E-state index is 0.0698. The van der Waals surface area contributed by atoms with E-state index in [1.807, 2.05) is 4.90 Å². The van der Waals surface area contributed by atoms with Crippen molar-refractivity contribution >= 4 is 12.0 Å². The molecule has 0 aromatic carbocycles. The summed E-state index contributed by atoms with van der Waals surface area (Å²) in [6.07, 6.45) is 5.33. The number of rotatable bonds is 1. The highest BCUT2D eigenvalue weighted by atomic mass is 16.4. The fourth-order valence-corrected chi connectivity index (χ4v) is 3.94. The SMILES string of the molecule is O=C(O)[C@H]1CCCN(C(=O)N2CC3CCCC3C2)C1. The van der Waals surface area contributed by atoms with Crippen LogP contribution < -0.4 is 0 Å². The predicted octanol–water partition coefficient (Wildman–Crippen LogP) is 1.63. The van der Waals surface area contributed by atoms with E-state index in [-0.39, 0.29) is 11.9 Å². The molecular weight excluding hydrogens is 244 g/mol. The first-order valence-corrected chi connectivity index (χ1v) is 7.42. The molecule has 2 heterocycles. The van der Waals surface area contributed by atoms with Crippen molar-refractivity contribution in [3.63, 3.8) is 0 Å². The first kappa shape index (κ1) is 12.8. The fraction of sp³-hybridized carbons (Fsp3) is 0.857. The molecule has 1 N–H and O–H groups in total. The number of hydrogen-bond donors (Lipinski definition) is 1. The van der Waals surface area contributed by atoms with Crippen LogP contribution >= 0.6 is 0 Å². The summed E-state index contributed by atoms with van der Waals surface area (Å²) in [7, 11) is 0. The van der Waals surface area contributed by atoms with Crippen LogP contribution in [-0.2, 0) is 4.79 Å². The van der Waals surface area contributed by atoms with E-state index in [1.54, 1.807) is 4.90 Å². The van der Waals surface area contributed by atoms with Gasteiger partial charge in [0.2, 0.25) is 0 Å². The number of carboxylic acids is 1. The van der Waals surface area contributed by atoms with E-state index in [9.17, 15) is 9.59 Å². The first-order valence-electron chi connectivity index (χ1n) is 7.42. The molecular formula is C14H22N2O3. The Bertz CT molecular complexity index is 373. The zero-order valence-electron chi connectivity index (χ0n) is 11.3. The van der Waals surface area contributed by atoms with Gasteiger partial charge in [0, 0.05) is 26.2 Å². The number of carboxylic acid groups (broad SMARTS) is 1. The fourth-order valence-electron chi connectivity index (χ4n) is 3.94. The van der Waals surface area contributed by atoms with Gasteiger partial charge in [-0.2, -0.15) is 0 Å². The molecule has 2 aliphatic heterocycles. The summed E-state index contributed by atoms with van der Waals surface area (Å²) in [6.45, 7) is 2.88. The summed E-state index contributed by atoms with van der Waals surface area (Å²) in [5.41, 5.74) is 0. The summed E-state index contributed by atoms with van der Waals surface area (Å²) < 4.78 is 0. The third-order valence-electron chi connectivity index (χ3n) is 5.04. The van der Waals surface area contributed by atoms with Crippen molar-refractivity contribution in [2.24, 2.45) is 17.8 Å². The molecule has 3 atom stereocenters. The van der Waals surface area contributed by atoms with Crippen LogP contribution in [-0.4, -0.2) is 53.1 Å².